The van der Waals surface area contributed by atoms with Gasteiger partial charge in [0.05, 0.1) is 5.92 Å². The normalized spacial score (nSPS) is 16.6. The van der Waals surface area contributed by atoms with Gasteiger partial charge in [0, 0.05) is 5.57 Å². The van der Waals surface area contributed by atoms with Crippen molar-refractivity contribution in [1.29, 1.82) is 0 Å². The summed E-state index contributed by atoms with van der Waals surface area (Å²) in [7, 11) is 0. The minimum Gasteiger partial charge on any atom is -0.361 e. The second-order valence-corrected chi connectivity index (χ2v) is 8.85. The van der Waals surface area contributed by atoms with E-state index >= 15 is 0 Å². The zero-order valence-corrected chi connectivity index (χ0v) is 18.6. The van der Waals surface area contributed by atoms with E-state index in [4.69, 9.17) is 0 Å². The Morgan fingerprint density at radius 2 is 1.24 bits per heavy atom. The Bertz CT molecular complexity index is 1620. The largest absolute Gasteiger partial charge is 0.361 e. The van der Waals surface area contributed by atoms with Gasteiger partial charge in [0.25, 0.3) is 0 Å². The molecule has 0 fully saturated rings. The Kier molecular flexibility index (Phi) is 4.91. The van der Waals surface area contributed by atoms with E-state index in [9.17, 15) is 10.2 Å². The summed E-state index contributed by atoms with van der Waals surface area (Å²) in [5.41, 5.74) is 4.37. The highest BCUT2D eigenvalue weighted by Crippen LogP contribution is 2.41. The van der Waals surface area contributed by atoms with Gasteiger partial charge in [-0.25, -0.2) is 0 Å². The predicted molar refractivity (Wildman–Crippen MR) is 138 cm³/mol. The molecule has 2 heteroatoms. The van der Waals surface area contributed by atoms with Crippen LogP contribution in [0.25, 0.3) is 33.5 Å². The van der Waals surface area contributed by atoms with Crippen LogP contribution in [0.1, 0.15) is 17.0 Å². The molecule has 2 N–H and O–H groups in total. The molecule has 0 aromatic heterocycles. The molecule has 5 aromatic rings. The molecular formula is C32H24O2. The molecule has 0 amide bonds. The average molecular weight is 441 g/mol. The van der Waals surface area contributed by atoms with E-state index in [-0.39, 0.29) is 0 Å². The lowest BCUT2D eigenvalue weighted by atomic mass is 9.76. The van der Waals surface area contributed by atoms with Crippen molar-refractivity contribution in [1.82, 2.24) is 0 Å². The standard InChI is InChI=1S/C32H24O2/c33-32(34)30(23-13-5-2-6-14-23)21-25-16-8-10-18-28(25)31(32)29-20-26(22-11-3-1-4-12-22)19-24-15-7-9-17-27(24)29/h1-21,30,33-34H/t30-/m0/s1. The first-order valence-electron chi connectivity index (χ1n) is 11.5. The number of hydrogen-bond donors (Lipinski definition) is 2. The molecule has 0 saturated heterocycles. The smallest absolute Gasteiger partial charge is 0.201 e. The van der Waals surface area contributed by atoms with Gasteiger partial charge in [-0.05, 0) is 55.6 Å². The van der Waals surface area contributed by atoms with Crippen molar-refractivity contribution >= 4 is 22.4 Å². The van der Waals surface area contributed by atoms with Gasteiger partial charge >= 0.3 is 0 Å². The van der Waals surface area contributed by atoms with Gasteiger partial charge in [-0.2, -0.15) is 0 Å². The number of rotatable bonds is 3. The Hall–Kier alpha value is -3.98. The molecule has 6 rings (SSSR count). The van der Waals surface area contributed by atoms with E-state index < -0.39 is 11.7 Å². The summed E-state index contributed by atoms with van der Waals surface area (Å²) in [6.07, 6.45) is 1.97. The van der Waals surface area contributed by atoms with Crippen molar-refractivity contribution in [2.45, 2.75) is 11.7 Å². The Morgan fingerprint density at radius 1 is 0.588 bits per heavy atom. The second-order valence-electron chi connectivity index (χ2n) is 8.85. The van der Waals surface area contributed by atoms with Crippen LogP contribution < -0.4 is 10.4 Å². The summed E-state index contributed by atoms with van der Waals surface area (Å²) in [4.78, 5) is 0. The molecule has 1 atom stereocenters. The van der Waals surface area contributed by atoms with Crippen molar-refractivity contribution in [3.63, 3.8) is 0 Å². The number of fused-ring (bicyclic) bond motifs is 2. The minimum atomic E-state index is -2.09. The van der Waals surface area contributed by atoms with Gasteiger partial charge in [0.2, 0.25) is 5.79 Å². The summed E-state index contributed by atoms with van der Waals surface area (Å²) in [5, 5.41) is 27.6. The highest BCUT2D eigenvalue weighted by molar-refractivity contribution is 5.99. The fourth-order valence-corrected chi connectivity index (χ4v) is 5.17. The molecule has 0 heterocycles. The summed E-state index contributed by atoms with van der Waals surface area (Å²) >= 11 is 0. The maximum absolute atomic E-state index is 11.9. The van der Waals surface area contributed by atoms with Crippen molar-refractivity contribution in [2.24, 2.45) is 0 Å². The lowest BCUT2D eigenvalue weighted by Gasteiger charge is -2.35. The van der Waals surface area contributed by atoms with Gasteiger partial charge < -0.3 is 10.2 Å². The third-order valence-corrected chi connectivity index (χ3v) is 6.77. The van der Waals surface area contributed by atoms with Crippen LogP contribution in [0.2, 0.25) is 0 Å². The molecule has 0 spiro atoms. The molecule has 34 heavy (non-hydrogen) atoms. The van der Waals surface area contributed by atoms with E-state index in [0.717, 1.165) is 43.5 Å². The van der Waals surface area contributed by atoms with Crippen LogP contribution in [0.15, 0.2) is 121 Å². The number of hydrogen-bond acceptors (Lipinski definition) is 2. The second kappa shape index (κ2) is 8.11. The van der Waals surface area contributed by atoms with Gasteiger partial charge in [0.15, 0.2) is 0 Å². The highest BCUT2D eigenvalue weighted by atomic mass is 16.5. The zero-order valence-electron chi connectivity index (χ0n) is 18.6. The van der Waals surface area contributed by atoms with E-state index in [1.54, 1.807) is 0 Å². The molecule has 1 aliphatic carbocycles. The minimum absolute atomic E-state index is 0.536. The predicted octanol–water partition coefficient (Wildman–Crippen LogP) is 4.96. The van der Waals surface area contributed by atoms with Crippen LogP contribution >= 0.6 is 0 Å². The van der Waals surface area contributed by atoms with E-state index in [2.05, 4.69) is 36.4 Å². The lowest BCUT2D eigenvalue weighted by Crippen LogP contribution is -2.48. The van der Waals surface area contributed by atoms with Gasteiger partial charge in [-0.1, -0.05) is 115 Å². The summed E-state index contributed by atoms with van der Waals surface area (Å²) in [6, 6.07) is 40.3. The Balaban J connectivity index is 1.71. The molecule has 0 radical (unpaired) electrons. The fraction of sp³-hybridized carbons (Fsp3) is 0.0625. The topological polar surface area (TPSA) is 40.5 Å². The Morgan fingerprint density at radius 3 is 2.03 bits per heavy atom. The average Bonchev–Trinajstić information content (AvgIpc) is 2.88. The first kappa shape index (κ1) is 20.6. The van der Waals surface area contributed by atoms with Crippen LogP contribution in [0.5, 0.6) is 0 Å². The maximum atomic E-state index is 11.9. The quantitative estimate of drug-likeness (QED) is 0.389. The van der Waals surface area contributed by atoms with Crippen LogP contribution in [-0.4, -0.2) is 16.0 Å². The van der Waals surface area contributed by atoms with Gasteiger partial charge in [-0.15, -0.1) is 0 Å². The van der Waals surface area contributed by atoms with E-state index in [0.29, 0.717) is 5.57 Å². The lowest BCUT2D eigenvalue weighted by molar-refractivity contribution is -0.115. The molecule has 164 valence electrons. The Labute approximate surface area is 198 Å². The van der Waals surface area contributed by atoms with Gasteiger partial charge in [0.1, 0.15) is 0 Å². The first-order valence-corrected chi connectivity index (χ1v) is 11.5. The molecule has 0 bridgehead atoms. The summed E-state index contributed by atoms with van der Waals surface area (Å²) in [5.74, 6) is -2.69. The molecule has 1 aliphatic rings. The maximum Gasteiger partial charge on any atom is 0.201 e. The number of benzene rings is 5. The molecule has 5 aromatic carbocycles. The molecule has 0 aliphatic heterocycles. The van der Waals surface area contributed by atoms with Crippen molar-refractivity contribution in [2.75, 3.05) is 0 Å². The van der Waals surface area contributed by atoms with Crippen LogP contribution in [0.3, 0.4) is 0 Å². The molecule has 2 nitrogen and oxygen atoms in total. The number of aliphatic hydroxyl groups is 2. The first-order chi connectivity index (χ1) is 16.6. The van der Waals surface area contributed by atoms with Crippen LogP contribution in [0.4, 0.5) is 0 Å². The monoisotopic (exact) mass is 440 g/mol. The van der Waals surface area contributed by atoms with Crippen molar-refractivity contribution in [3.8, 4) is 11.1 Å². The summed E-state index contributed by atoms with van der Waals surface area (Å²) < 4.78 is 0. The molecule has 0 unspecified atom stereocenters. The van der Waals surface area contributed by atoms with Crippen molar-refractivity contribution in [3.05, 3.63) is 143 Å². The summed E-state index contributed by atoms with van der Waals surface area (Å²) in [6.45, 7) is 0. The van der Waals surface area contributed by atoms with E-state index in [1.165, 1.54) is 0 Å². The van der Waals surface area contributed by atoms with Crippen LogP contribution in [-0.2, 0) is 0 Å². The van der Waals surface area contributed by atoms with Crippen LogP contribution in [0, 0.1) is 0 Å². The molecular weight excluding hydrogens is 416 g/mol. The zero-order chi connectivity index (χ0) is 23.1. The van der Waals surface area contributed by atoms with E-state index in [1.807, 2.05) is 91.0 Å². The molecule has 0 saturated carbocycles. The third-order valence-electron chi connectivity index (χ3n) is 6.77. The SMILES string of the molecule is OC1(O)C(c2cc(-c3ccccc3)cc3ccccc23)=c2ccccc2=C[C@H]1c1ccccc1. The fourth-order valence-electron chi connectivity index (χ4n) is 5.17. The third kappa shape index (κ3) is 3.36. The van der Waals surface area contributed by atoms with Gasteiger partial charge in [-0.3, -0.25) is 0 Å². The van der Waals surface area contributed by atoms with Crippen molar-refractivity contribution < 1.29 is 10.2 Å². The highest BCUT2D eigenvalue weighted by Gasteiger charge is 2.41.